The molecule has 1 aromatic carbocycles. The number of rotatable bonds is 5. The summed E-state index contributed by atoms with van der Waals surface area (Å²) in [5.74, 6) is 0.684. The van der Waals surface area contributed by atoms with Gasteiger partial charge in [0.15, 0.2) is 0 Å². The predicted molar refractivity (Wildman–Crippen MR) is 101 cm³/mol. The topological polar surface area (TPSA) is 44.8 Å². The Morgan fingerprint density at radius 3 is 2.84 bits per heavy atom. The Kier molecular flexibility index (Phi) is 5.97. The average molecular weight is 345 g/mol. The van der Waals surface area contributed by atoms with E-state index in [4.69, 9.17) is 4.74 Å². The van der Waals surface area contributed by atoms with E-state index in [1.165, 1.54) is 11.3 Å². The van der Waals surface area contributed by atoms with Crippen LogP contribution < -0.4 is 10.2 Å². The van der Waals surface area contributed by atoms with Crippen molar-refractivity contribution in [2.75, 3.05) is 37.7 Å². The lowest BCUT2D eigenvalue weighted by atomic mass is 9.99. The molecule has 1 amide bonds. The fraction of sp³-hybridized carbons (Fsp3) is 0.650. The first-order chi connectivity index (χ1) is 12.0. The van der Waals surface area contributed by atoms with Crippen LogP contribution in [0.3, 0.4) is 0 Å². The molecule has 5 heteroatoms. The number of benzene rings is 1. The predicted octanol–water partition coefficient (Wildman–Crippen LogP) is 2.26. The molecule has 0 aliphatic carbocycles. The second kappa shape index (κ2) is 8.19. The summed E-state index contributed by atoms with van der Waals surface area (Å²) >= 11 is 0. The summed E-state index contributed by atoms with van der Waals surface area (Å²) in [5.41, 5.74) is 2.59. The maximum atomic E-state index is 12.4. The fourth-order valence-electron chi connectivity index (χ4n) is 3.86. The number of nitrogens with one attached hydrogen (secondary N) is 1. The smallest absolute Gasteiger partial charge is 0.237 e. The molecule has 25 heavy (non-hydrogen) atoms. The lowest BCUT2D eigenvalue weighted by Gasteiger charge is -2.38. The Bertz CT molecular complexity index is 590. The highest BCUT2D eigenvalue weighted by molar-refractivity contribution is 5.82. The molecule has 138 valence electrons. The Balaban J connectivity index is 1.78. The number of para-hydroxylation sites is 1. The van der Waals surface area contributed by atoms with Crippen LogP contribution in [0.4, 0.5) is 5.69 Å². The molecule has 1 N–H and O–H groups in total. The first-order valence-corrected chi connectivity index (χ1v) is 9.51. The van der Waals surface area contributed by atoms with E-state index in [9.17, 15) is 4.79 Å². The molecule has 0 radical (unpaired) electrons. The fourth-order valence-corrected chi connectivity index (χ4v) is 3.86. The van der Waals surface area contributed by atoms with Crippen LogP contribution in [0.5, 0.6) is 0 Å². The van der Waals surface area contributed by atoms with Crippen LogP contribution in [0.2, 0.25) is 0 Å². The molecule has 2 aliphatic rings. The van der Waals surface area contributed by atoms with Crippen molar-refractivity contribution in [2.45, 2.75) is 45.9 Å². The molecule has 5 nitrogen and oxygen atoms in total. The molecule has 0 spiro atoms. The third-order valence-electron chi connectivity index (χ3n) is 5.08. The van der Waals surface area contributed by atoms with Crippen molar-refractivity contribution in [3.8, 4) is 0 Å². The minimum absolute atomic E-state index is 0.0228. The molecule has 0 bridgehead atoms. The molecule has 0 aromatic heterocycles. The lowest BCUT2D eigenvalue weighted by molar-refractivity contribution is -0.130. The molecular weight excluding hydrogens is 314 g/mol. The number of carbonyl (C=O) groups excluding carboxylic acids is 1. The van der Waals surface area contributed by atoms with Gasteiger partial charge in [0, 0.05) is 38.4 Å². The van der Waals surface area contributed by atoms with E-state index in [1.807, 2.05) is 0 Å². The summed E-state index contributed by atoms with van der Waals surface area (Å²) in [7, 11) is 0. The highest BCUT2D eigenvalue weighted by atomic mass is 16.5. The monoisotopic (exact) mass is 345 g/mol. The van der Waals surface area contributed by atoms with Crippen molar-refractivity contribution in [3.05, 3.63) is 29.8 Å². The van der Waals surface area contributed by atoms with Crippen LogP contribution in [0.15, 0.2) is 24.3 Å². The highest BCUT2D eigenvalue weighted by Crippen LogP contribution is 2.26. The van der Waals surface area contributed by atoms with Crippen LogP contribution in [0, 0.1) is 5.92 Å². The van der Waals surface area contributed by atoms with Gasteiger partial charge in [-0.05, 0) is 30.9 Å². The van der Waals surface area contributed by atoms with Crippen molar-refractivity contribution < 1.29 is 9.53 Å². The third kappa shape index (κ3) is 4.53. The number of amides is 1. The zero-order chi connectivity index (χ0) is 17.8. The van der Waals surface area contributed by atoms with Crippen molar-refractivity contribution in [1.82, 2.24) is 10.2 Å². The number of hydrogen-bond acceptors (Lipinski definition) is 4. The number of morpholine rings is 1. The summed E-state index contributed by atoms with van der Waals surface area (Å²) in [6.07, 6.45) is 1.17. The first kappa shape index (κ1) is 18.2. The van der Waals surface area contributed by atoms with E-state index in [0.717, 1.165) is 45.8 Å². The van der Waals surface area contributed by atoms with Crippen LogP contribution in [-0.2, 0) is 16.1 Å². The quantitative estimate of drug-likeness (QED) is 0.889. The Morgan fingerprint density at radius 2 is 2.08 bits per heavy atom. The van der Waals surface area contributed by atoms with E-state index in [0.29, 0.717) is 5.92 Å². The van der Waals surface area contributed by atoms with E-state index in [-0.39, 0.29) is 18.1 Å². The maximum Gasteiger partial charge on any atom is 0.237 e. The van der Waals surface area contributed by atoms with Crippen LogP contribution in [0.1, 0.15) is 32.8 Å². The molecule has 2 saturated heterocycles. The summed E-state index contributed by atoms with van der Waals surface area (Å²) in [6, 6.07) is 8.59. The molecule has 2 unspecified atom stereocenters. The van der Waals surface area contributed by atoms with E-state index in [1.54, 1.807) is 0 Å². The molecule has 3 rings (SSSR count). The number of anilines is 1. The first-order valence-electron chi connectivity index (χ1n) is 9.51. The Labute approximate surface area is 151 Å². The molecule has 2 aliphatic heterocycles. The second-order valence-electron chi connectivity index (χ2n) is 7.66. The van der Waals surface area contributed by atoms with E-state index in [2.05, 4.69) is 60.2 Å². The van der Waals surface area contributed by atoms with Crippen LogP contribution in [0.25, 0.3) is 0 Å². The highest BCUT2D eigenvalue weighted by Gasteiger charge is 2.31. The summed E-state index contributed by atoms with van der Waals surface area (Å²) in [4.78, 5) is 17.2. The normalized spacial score (nSPS) is 25.3. The number of hydrogen-bond donors (Lipinski definition) is 1. The third-order valence-corrected chi connectivity index (χ3v) is 5.08. The zero-order valence-corrected chi connectivity index (χ0v) is 15.7. The molecule has 2 atom stereocenters. The molecular formula is C20H31N3O2. The van der Waals surface area contributed by atoms with Gasteiger partial charge < -0.3 is 15.0 Å². The van der Waals surface area contributed by atoms with E-state index < -0.39 is 0 Å². The van der Waals surface area contributed by atoms with Crippen LogP contribution in [-0.4, -0.2) is 55.7 Å². The average Bonchev–Trinajstić information content (AvgIpc) is 2.58. The largest absolute Gasteiger partial charge is 0.375 e. The Hall–Kier alpha value is -1.59. The van der Waals surface area contributed by atoms with Gasteiger partial charge >= 0.3 is 0 Å². The number of carbonyl (C=O) groups is 1. The van der Waals surface area contributed by atoms with Gasteiger partial charge in [-0.1, -0.05) is 32.0 Å². The SMILES string of the molecule is CC(C)CC1C(=O)NCCN1Cc1ccccc1N1CCOC(C)C1. The Morgan fingerprint density at radius 1 is 1.28 bits per heavy atom. The molecule has 0 saturated carbocycles. The van der Waals surface area contributed by atoms with Gasteiger partial charge in [0.25, 0.3) is 0 Å². The zero-order valence-electron chi connectivity index (χ0n) is 15.7. The van der Waals surface area contributed by atoms with Crippen molar-refractivity contribution in [2.24, 2.45) is 5.92 Å². The molecule has 2 fully saturated rings. The number of nitrogens with zero attached hydrogens (tertiary/aromatic N) is 2. The number of ether oxygens (including phenoxy) is 1. The maximum absolute atomic E-state index is 12.4. The standard InChI is InChI=1S/C20H31N3O2/c1-15(2)12-19-20(24)21-8-9-22(19)14-17-6-4-5-7-18(17)23-10-11-25-16(3)13-23/h4-7,15-16,19H,8-14H2,1-3H3,(H,21,24). The van der Waals surface area contributed by atoms with Gasteiger partial charge in [-0.2, -0.15) is 0 Å². The van der Waals surface area contributed by atoms with Gasteiger partial charge in [0.2, 0.25) is 5.91 Å². The van der Waals surface area contributed by atoms with Crippen LogP contribution >= 0.6 is 0 Å². The molecule has 1 aromatic rings. The van der Waals surface area contributed by atoms with Crippen molar-refractivity contribution in [3.63, 3.8) is 0 Å². The van der Waals surface area contributed by atoms with Gasteiger partial charge in [-0.15, -0.1) is 0 Å². The number of piperazine rings is 1. The summed E-state index contributed by atoms with van der Waals surface area (Å²) in [6.45, 7) is 11.6. The summed E-state index contributed by atoms with van der Waals surface area (Å²) in [5, 5.41) is 3.03. The summed E-state index contributed by atoms with van der Waals surface area (Å²) < 4.78 is 5.69. The van der Waals surface area contributed by atoms with Gasteiger partial charge in [-0.25, -0.2) is 0 Å². The lowest BCUT2D eigenvalue weighted by Crippen LogP contribution is -2.55. The van der Waals surface area contributed by atoms with E-state index >= 15 is 0 Å². The van der Waals surface area contributed by atoms with Gasteiger partial charge in [0.1, 0.15) is 0 Å². The van der Waals surface area contributed by atoms with Crippen molar-refractivity contribution >= 4 is 11.6 Å². The molecule has 2 heterocycles. The minimum Gasteiger partial charge on any atom is -0.375 e. The minimum atomic E-state index is -0.0228. The van der Waals surface area contributed by atoms with Crippen molar-refractivity contribution in [1.29, 1.82) is 0 Å². The van der Waals surface area contributed by atoms with Gasteiger partial charge in [-0.3, -0.25) is 9.69 Å². The van der Waals surface area contributed by atoms with Gasteiger partial charge in [0.05, 0.1) is 18.8 Å². The second-order valence-corrected chi connectivity index (χ2v) is 7.66.